The Kier molecular flexibility index (Phi) is 4.83. The first-order valence-corrected chi connectivity index (χ1v) is 12.1. The van der Waals surface area contributed by atoms with E-state index in [2.05, 4.69) is 20.8 Å². The molecule has 0 spiro atoms. The minimum atomic E-state index is -3.54. The molecule has 0 radical (unpaired) electrons. The van der Waals surface area contributed by atoms with E-state index in [1.54, 1.807) is 11.8 Å². The van der Waals surface area contributed by atoms with Crippen LogP contribution in [0.5, 0.6) is 5.88 Å². The van der Waals surface area contributed by atoms with Gasteiger partial charge in [0.25, 0.3) is 0 Å². The fourth-order valence-corrected chi connectivity index (χ4v) is 5.80. The molecular weight excluding hydrogens is 418 g/mol. The molecule has 2 aromatic rings. The van der Waals surface area contributed by atoms with Crippen LogP contribution in [0.4, 0.5) is 10.5 Å². The minimum Gasteiger partial charge on any atom is -0.474 e. The number of nitrogens with two attached hydrogens (primary N) is 1. The fraction of sp³-hybridized carbons (Fsp3) is 0.524. The molecule has 1 aromatic heterocycles. The van der Waals surface area contributed by atoms with E-state index in [1.165, 1.54) is 28.5 Å². The van der Waals surface area contributed by atoms with E-state index in [1.807, 2.05) is 6.92 Å². The molecule has 1 aromatic carbocycles. The van der Waals surface area contributed by atoms with Gasteiger partial charge in [0, 0.05) is 12.8 Å². The summed E-state index contributed by atoms with van der Waals surface area (Å²) in [6.45, 7) is 2.57. The number of hydrogen-bond donors (Lipinski definition) is 2. The van der Waals surface area contributed by atoms with E-state index in [-0.39, 0.29) is 17.4 Å². The monoisotopic (exact) mass is 445 g/mol. The number of aromatic nitrogens is 2. The highest BCUT2D eigenvalue weighted by Crippen LogP contribution is 2.39. The molecule has 3 aliphatic rings. The molecule has 9 nitrogen and oxygen atoms in total. The van der Waals surface area contributed by atoms with Gasteiger partial charge in [-0.05, 0) is 67.7 Å². The predicted molar refractivity (Wildman–Crippen MR) is 116 cm³/mol. The summed E-state index contributed by atoms with van der Waals surface area (Å²) in [5.41, 5.74) is 5.25. The van der Waals surface area contributed by atoms with Crippen molar-refractivity contribution in [2.75, 3.05) is 19.0 Å². The lowest BCUT2D eigenvalue weighted by Crippen LogP contribution is -2.43. The van der Waals surface area contributed by atoms with Gasteiger partial charge in [0.05, 0.1) is 12.7 Å². The first-order valence-electron chi connectivity index (χ1n) is 10.6. The Labute approximate surface area is 181 Å². The Morgan fingerprint density at radius 1 is 1.29 bits per heavy atom. The van der Waals surface area contributed by atoms with Crippen LogP contribution in [0.15, 0.2) is 21.5 Å². The highest BCUT2D eigenvalue weighted by atomic mass is 32.2. The average molecular weight is 446 g/mol. The summed E-state index contributed by atoms with van der Waals surface area (Å²) in [6, 6.07) is 1.58. The molecule has 1 aliphatic heterocycles. The average Bonchev–Trinajstić information content (AvgIpc) is 3.46. The van der Waals surface area contributed by atoms with Crippen LogP contribution in [-0.2, 0) is 46.9 Å². The van der Waals surface area contributed by atoms with Gasteiger partial charge in [-0.15, -0.1) is 4.36 Å². The van der Waals surface area contributed by atoms with E-state index in [0.29, 0.717) is 6.54 Å². The molecule has 0 saturated heterocycles. The molecule has 0 bridgehead atoms. The van der Waals surface area contributed by atoms with Crippen molar-refractivity contribution in [1.29, 1.82) is 0 Å². The predicted octanol–water partition coefficient (Wildman–Crippen LogP) is 2.59. The van der Waals surface area contributed by atoms with E-state index in [0.717, 1.165) is 44.2 Å². The van der Waals surface area contributed by atoms with Crippen molar-refractivity contribution in [1.82, 2.24) is 9.78 Å². The fourth-order valence-electron chi connectivity index (χ4n) is 4.79. The van der Waals surface area contributed by atoms with E-state index in [9.17, 15) is 9.00 Å². The van der Waals surface area contributed by atoms with Crippen LogP contribution < -0.4 is 15.2 Å². The lowest BCUT2D eigenvalue weighted by Gasteiger charge is -2.32. The zero-order chi connectivity index (χ0) is 21.8. The molecule has 31 heavy (non-hydrogen) atoms. The van der Waals surface area contributed by atoms with Crippen molar-refractivity contribution >= 4 is 21.6 Å². The molecule has 2 heterocycles. The Balaban J connectivity index is 1.45. The van der Waals surface area contributed by atoms with Gasteiger partial charge in [0.1, 0.15) is 17.1 Å². The van der Waals surface area contributed by atoms with Crippen LogP contribution in [0.2, 0.25) is 0 Å². The largest absolute Gasteiger partial charge is 0.474 e. The number of fused-ring (bicyclic) bond motifs is 3. The van der Waals surface area contributed by atoms with Gasteiger partial charge >= 0.3 is 6.03 Å². The molecule has 166 valence electrons. The molecule has 5 rings (SSSR count). The summed E-state index contributed by atoms with van der Waals surface area (Å²) in [7, 11) is -1.94. The second kappa shape index (κ2) is 7.32. The maximum absolute atomic E-state index is 13.2. The van der Waals surface area contributed by atoms with Gasteiger partial charge in [-0.1, -0.05) is 6.07 Å². The van der Waals surface area contributed by atoms with Gasteiger partial charge < -0.3 is 14.8 Å². The van der Waals surface area contributed by atoms with E-state index < -0.39 is 21.5 Å². The highest BCUT2D eigenvalue weighted by molar-refractivity contribution is 7.91. The number of aryl methyl sites for hydroxylation is 2. The van der Waals surface area contributed by atoms with Gasteiger partial charge in [0.15, 0.2) is 9.92 Å². The van der Waals surface area contributed by atoms with Crippen molar-refractivity contribution in [2.24, 2.45) is 9.50 Å². The second-order valence-corrected chi connectivity index (χ2v) is 10.5. The summed E-state index contributed by atoms with van der Waals surface area (Å²) < 4.78 is 29.8. The van der Waals surface area contributed by atoms with Crippen LogP contribution in [0, 0.1) is 0 Å². The van der Waals surface area contributed by atoms with Crippen molar-refractivity contribution in [3.63, 3.8) is 0 Å². The number of nitrogens with one attached hydrogen (secondary N) is 1. The zero-order valence-electron chi connectivity index (χ0n) is 17.8. The third-order valence-corrected chi connectivity index (χ3v) is 7.84. The number of rotatable bonds is 3. The third kappa shape index (κ3) is 3.52. The number of nitrogens with zero attached hydrogens (tertiary/aromatic N) is 3. The number of ether oxygens (including phenoxy) is 2. The molecular formula is C21H27N5O4S. The summed E-state index contributed by atoms with van der Waals surface area (Å²) in [4.78, 5) is 12.9. The number of amides is 2. The van der Waals surface area contributed by atoms with Crippen LogP contribution >= 0.6 is 0 Å². The molecule has 10 heteroatoms. The summed E-state index contributed by atoms with van der Waals surface area (Å²) in [6.07, 6.45) is 7.41. The SMILES string of the molecule is CO[C@]1(C)COc2c(S(N)(=O)=NC(=O)Nc3c4c(cc5c3CCC5)CCC4)cnn2C1. The first kappa shape index (κ1) is 20.5. The van der Waals surface area contributed by atoms with Crippen molar-refractivity contribution in [3.8, 4) is 5.88 Å². The number of methoxy groups -OCH3 is 1. The molecule has 1 unspecified atom stereocenters. The standard InChI is InChI=1S/C21H27N5O4S/c1-21(29-2)11-26-19(30-12-21)17(10-23-26)31(22,28)25-20(27)24-18-15-7-3-5-13(15)9-14-6-4-8-16(14)18/h9-10H,3-8,11-12H2,1-2H3,(H3,22,24,25,27,28)/t21-,31?/m0/s1. The Morgan fingerprint density at radius 3 is 2.61 bits per heavy atom. The smallest absolute Gasteiger partial charge is 0.354 e. The first-order chi connectivity index (χ1) is 14.8. The highest BCUT2D eigenvalue weighted by Gasteiger charge is 2.35. The van der Waals surface area contributed by atoms with Crippen molar-refractivity contribution in [2.45, 2.75) is 62.5 Å². The minimum absolute atomic E-state index is 0.115. The number of benzene rings is 1. The van der Waals surface area contributed by atoms with Gasteiger partial charge in [0.2, 0.25) is 5.88 Å². The van der Waals surface area contributed by atoms with E-state index in [4.69, 9.17) is 14.6 Å². The Hall–Kier alpha value is -2.43. The van der Waals surface area contributed by atoms with Crippen molar-refractivity contribution in [3.05, 3.63) is 34.5 Å². The van der Waals surface area contributed by atoms with Crippen LogP contribution in [-0.4, -0.2) is 39.3 Å². The maximum atomic E-state index is 13.2. The maximum Gasteiger partial charge on any atom is 0.354 e. The summed E-state index contributed by atoms with van der Waals surface area (Å²) >= 11 is 0. The molecule has 0 fully saturated rings. The van der Waals surface area contributed by atoms with Crippen LogP contribution in [0.3, 0.4) is 0 Å². The van der Waals surface area contributed by atoms with E-state index >= 15 is 0 Å². The molecule has 2 amide bonds. The molecule has 0 saturated carbocycles. The number of carbonyl (C=O) groups is 1. The summed E-state index contributed by atoms with van der Waals surface area (Å²) in [5, 5.41) is 13.1. The molecule has 2 atom stereocenters. The Morgan fingerprint density at radius 2 is 1.97 bits per heavy atom. The lowest BCUT2D eigenvalue weighted by atomic mass is 9.99. The Bertz CT molecular complexity index is 1160. The topological polar surface area (TPSA) is 121 Å². The summed E-state index contributed by atoms with van der Waals surface area (Å²) in [5.74, 6) is 0.264. The second-order valence-electron chi connectivity index (χ2n) is 8.74. The normalized spacial score (nSPS) is 23.3. The zero-order valence-corrected chi connectivity index (χ0v) is 18.6. The quantitative estimate of drug-likeness (QED) is 0.752. The van der Waals surface area contributed by atoms with Gasteiger partial charge in [-0.2, -0.15) is 5.10 Å². The van der Waals surface area contributed by atoms with Gasteiger partial charge in [-0.3, -0.25) is 0 Å². The number of carbonyl (C=O) groups excluding carboxylic acids is 1. The van der Waals surface area contributed by atoms with Crippen LogP contribution in [0.1, 0.15) is 42.0 Å². The number of urea groups is 1. The molecule has 3 N–H and O–H groups in total. The lowest BCUT2D eigenvalue weighted by molar-refractivity contribution is -0.0654. The van der Waals surface area contributed by atoms with Crippen LogP contribution in [0.25, 0.3) is 0 Å². The van der Waals surface area contributed by atoms with Gasteiger partial charge in [-0.25, -0.2) is 18.8 Å². The molecule has 2 aliphatic carbocycles. The number of hydrogen-bond acceptors (Lipinski definition) is 5. The number of anilines is 1. The third-order valence-electron chi connectivity index (χ3n) is 6.49. The van der Waals surface area contributed by atoms with Crippen molar-refractivity contribution < 1.29 is 18.5 Å².